The topological polar surface area (TPSA) is 16.1 Å². The van der Waals surface area contributed by atoms with Gasteiger partial charge in [-0.3, -0.25) is 4.90 Å². The highest BCUT2D eigenvalue weighted by molar-refractivity contribution is 7.99. The highest BCUT2D eigenvalue weighted by Gasteiger charge is 2.23. The highest BCUT2D eigenvalue weighted by Crippen LogP contribution is 2.31. The zero-order valence-electron chi connectivity index (χ0n) is 12.4. The van der Waals surface area contributed by atoms with Crippen molar-refractivity contribution in [1.29, 1.82) is 0 Å². The minimum absolute atomic E-state index is 0.597. The van der Waals surface area contributed by atoms with Crippen molar-refractivity contribution in [3.63, 3.8) is 0 Å². The van der Waals surface area contributed by atoms with Crippen molar-refractivity contribution < 1.29 is 0 Å². The van der Waals surface area contributed by atoms with Crippen LogP contribution < -0.4 is 0 Å². The van der Waals surface area contributed by atoms with E-state index in [0.717, 1.165) is 5.03 Å². The molecule has 1 atom stereocenters. The zero-order valence-corrected chi connectivity index (χ0v) is 13.2. The molecule has 1 aliphatic rings. The Bertz CT molecular complexity index is 373. The molecule has 0 N–H and O–H groups in total. The molecule has 3 heteroatoms. The number of aromatic nitrogens is 1. The molecule has 2 heterocycles. The molecule has 0 unspecified atom stereocenters. The average Bonchev–Trinajstić information content (AvgIpc) is 2.40. The second-order valence-electron chi connectivity index (χ2n) is 5.64. The summed E-state index contributed by atoms with van der Waals surface area (Å²) >= 11 is 1.84. The maximum atomic E-state index is 4.62. The van der Waals surface area contributed by atoms with Gasteiger partial charge in [0.25, 0.3) is 0 Å². The zero-order chi connectivity index (χ0) is 13.7. The van der Waals surface area contributed by atoms with Crippen LogP contribution in [0.1, 0.15) is 58.1 Å². The number of pyridine rings is 1. The molecule has 106 valence electrons. The molecule has 2 rings (SSSR count). The first-order valence-electron chi connectivity index (χ1n) is 7.57. The Hall–Kier alpha value is -0.540. The van der Waals surface area contributed by atoms with Gasteiger partial charge in [-0.1, -0.05) is 33.3 Å². The van der Waals surface area contributed by atoms with Crippen molar-refractivity contribution in [1.82, 2.24) is 9.88 Å². The summed E-state index contributed by atoms with van der Waals surface area (Å²) in [6.45, 7) is 9.16. The van der Waals surface area contributed by atoms with E-state index in [1.54, 1.807) is 0 Å². The molecule has 0 amide bonds. The van der Waals surface area contributed by atoms with Crippen molar-refractivity contribution in [2.45, 2.75) is 62.8 Å². The number of thioether (sulfide) groups is 1. The Balaban J connectivity index is 2.06. The predicted octanol–water partition coefficient (Wildman–Crippen LogP) is 4.52. The molecule has 1 fully saturated rings. The summed E-state index contributed by atoms with van der Waals surface area (Å²) in [5.74, 6) is 0. The van der Waals surface area contributed by atoms with Crippen molar-refractivity contribution in [2.24, 2.45) is 0 Å². The summed E-state index contributed by atoms with van der Waals surface area (Å²) in [4.78, 5) is 7.26. The van der Waals surface area contributed by atoms with Gasteiger partial charge in [-0.05, 0) is 44.0 Å². The van der Waals surface area contributed by atoms with Crippen LogP contribution in [0.5, 0.6) is 0 Å². The third-order valence-corrected chi connectivity index (χ3v) is 4.58. The van der Waals surface area contributed by atoms with E-state index in [1.165, 1.54) is 44.3 Å². The third-order valence-electron chi connectivity index (χ3n) is 3.62. The lowest BCUT2D eigenvalue weighted by Gasteiger charge is -2.35. The first kappa shape index (κ1) is 14.9. The molecule has 0 saturated carbocycles. The number of hydrogen-bond donors (Lipinski definition) is 0. The van der Waals surface area contributed by atoms with Gasteiger partial charge in [0, 0.05) is 17.5 Å². The van der Waals surface area contributed by atoms with Crippen molar-refractivity contribution in [2.75, 3.05) is 13.1 Å². The fourth-order valence-corrected chi connectivity index (χ4v) is 3.57. The molecule has 0 bridgehead atoms. The van der Waals surface area contributed by atoms with Gasteiger partial charge >= 0.3 is 0 Å². The summed E-state index contributed by atoms with van der Waals surface area (Å²) in [6, 6.07) is 5.08. The van der Waals surface area contributed by atoms with E-state index in [-0.39, 0.29) is 0 Å². The minimum atomic E-state index is 0.597. The van der Waals surface area contributed by atoms with E-state index in [0.29, 0.717) is 11.3 Å². The standard InChI is InChI=1S/C16H26N2S/c1-4-10-18-11-6-5-7-15(18)14-8-9-16(17-12-14)19-13(2)3/h8-9,12-13,15H,4-7,10-11H2,1-3H3/t15-/m1/s1. The van der Waals surface area contributed by atoms with Gasteiger partial charge in [0.1, 0.15) is 0 Å². The Morgan fingerprint density at radius 2 is 2.21 bits per heavy atom. The maximum Gasteiger partial charge on any atom is 0.0962 e. The number of hydrogen-bond acceptors (Lipinski definition) is 3. The van der Waals surface area contributed by atoms with Crippen LogP contribution in [0, 0.1) is 0 Å². The van der Waals surface area contributed by atoms with E-state index < -0.39 is 0 Å². The van der Waals surface area contributed by atoms with Crippen LogP contribution in [0.15, 0.2) is 23.4 Å². The van der Waals surface area contributed by atoms with Crippen molar-refractivity contribution in [3.8, 4) is 0 Å². The predicted molar refractivity (Wildman–Crippen MR) is 83.7 cm³/mol. The van der Waals surface area contributed by atoms with Gasteiger partial charge in [0.15, 0.2) is 0 Å². The van der Waals surface area contributed by atoms with E-state index in [1.807, 2.05) is 11.8 Å². The summed E-state index contributed by atoms with van der Waals surface area (Å²) in [7, 11) is 0. The summed E-state index contributed by atoms with van der Waals surface area (Å²) in [6.07, 6.45) is 7.34. The van der Waals surface area contributed by atoms with Gasteiger partial charge in [-0.25, -0.2) is 4.98 Å². The maximum absolute atomic E-state index is 4.62. The lowest BCUT2D eigenvalue weighted by molar-refractivity contribution is 0.148. The molecular formula is C16H26N2S. The molecule has 19 heavy (non-hydrogen) atoms. The average molecular weight is 278 g/mol. The number of likely N-dealkylation sites (tertiary alicyclic amines) is 1. The molecule has 2 nitrogen and oxygen atoms in total. The molecule has 0 aromatic carbocycles. The Labute approximate surface area is 122 Å². The van der Waals surface area contributed by atoms with Crippen LogP contribution in [0.3, 0.4) is 0 Å². The number of rotatable bonds is 5. The number of nitrogens with zero attached hydrogens (tertiary/aromatic N) is 2. The summed E-state index contributed by atoms with van der Waals surface area (Å²) in [5, 5.41) is 1.75. The van der Waals surface area contributed by atoms with E-state index in [9.17, 15) is 0 Å². The van der Waals surface area contributed by atoms with E-state index in [2.05, 4.69) is 49.0 Å². The van der Waals surface area contributed by atoms with Gasteiger partial charge in [0.2, 0.25) is 0 Å². The molecular weight excluding hydrogens is 252 g/mol. The lowest BCUT2D eigenvalue weighted by Crippen LogP contribution is -2.34. The second kappa shape index (κ2) is 7.30. The monoisotopic (exact) mass is 278 g/mol. The van der Waals surface area contributed by atoms with Crippen LogP contribution in [-0.2, 0) is 0 Å². The molecule has 0 radical (unpaired) electrons. The third kappa shape index (κ3) is 4.22. The second-order valence-corrected chi connectivity index (χ2v) is 7.24. The fourth-order valence-electron chi connectivity index (χ4n) is 2.82. The molecule has 0 aliphatic carbocycles. The van der Waals surface area contributed by atoms with Gasteiger partial charge in [-0.2, -0.15) is 0 Å². The van der Waals surface area contributed by atoms with E-state index in [4.69, 9.17) is 0 Å². The molecule has 1 saturated heterocycles. The van der Waals surface area contributed by atoms with Crippen LogP contribution in [0.25, 0.3) is 0 Å². The van der Waals surface area contributed by atoms with Gasteiger partial charge < -0.3 is 0 Å². The normalized spacial score (nSPS) is 20.9. The largest absolute Gasteiger partial charge is 0.296 e. The smallest absolute Gasteiger partial charge is 0.0962 e. The Kier molecular flexibility index (Phi) is 5.71. The molecule has 1 aromatic rings. The van der Waals surface area contributed by atoms with Crippen LogP contribution in [0.4, 0.5) is 0 Å². The molecule has 1 aromatic heterocycles. The first-order valence-corrected chi connectivity index (χ1v) is 8.45. The SMILES string of the molecule is CCCN1CCCC[C@@H]1c1ccc(SC(C)C)nc1. The molecule has 0 spiro atoms. The quantitative estimate of drug-likeness (QED) is 0.737. The fraction of sp³-hybridized carbons (Fsp3) is 0.688. The van der Waals surface area contributed by atoms with Gasteiger partial charge in [0.05, 0.1) is 5.03 Å². The highest BCUT2D eigenvalue weighted by atomic mass is 32.2. The van der Waals surface area contributed by atoms with Crippen molar-refractivity contribution in [3.05, 3.63) is 23.9 Å². The minimum Gasteiger partial charge on any atom is -0.296 e. The lowest BCUT2D eigenvalue weighted by atomic mass is 9.96. The number of piperidine rings is 1. The van der Waals surface area contributed by atoms with E-state index >= 15 is 0 Å². The van der Waals surface area contributed by atoms with Crippen LogP contribution in [-0.4, -0.2) is 28.2 Å². The van der Waals surface area contributed by atoms with Crippen LogP contribution >= 0.6 is 11.8 Å². The summed E-state index contributed by atoms with van der Waals surface area (Å²) < 4.78 is 0. The molecule has 1 aliphatic heterocycles. The van der Waals surface area contributed by atoms with Crippen molar-refractivity contribution >= 4 is 11.8 Å². The van der Waals surface area contributed by atoms with Gasteiger partial charge in [-0.15, -0.1) is 11.8 Å². The first-order chi connectivity index (χ1) is 9.20. The van der Waals surface area contributed by atoms with Crippen LogP contribution in [0.2, 0.25) is 0 Å². The Morgan fingerprint density at radius 1 is 1.37 bits per heavy atom. The summed E-state index contributed by atoms with van der Waals surface area (Å²) in [5.41, 5.74) is 1.40. The Morgan fingerprint density at radius 3 is 2.84 bits per heavy atom.